The van der Waals surface area contributed by atoms with E-state index in [9.17, 15) is 4.79 Å². The lowest BCUT2D eigenvalue weighted by Gasteiger charge is -2.15. The van der Waals surface area contributed by atoms with E-state index in [0.717, 1.165) is 12.8 Å². The number of benzene rings is 1. The van der Waals surface area contributed by atoms with Crippen LogP contribution in [0.5, 0.6) is 0 Å². The molecule has 0 aromatic heterocycles. The first kappa shape index (κ1) is 12.3. The summed E-state index contributed by atoms with van der Waals surface area (Å²) in [6, 6.07) is 7.18. The molecule has 0 heterocycles. The van der Waals surface area contributed by atoms with Crippen molar-refractivity contribution in [3.63, 3.8) is 0 Å². The normalized spacial score (nSPS) is 11.8. The first-order chi connectivity index (χ1) is 7.65. The molecule has 0 aliphatic rings. The lowest BCUT2D eigenvalue weighted by atomic mass is 10.1. The van der Waals surface area contributed by atoms with Crippen LogP contribution in [0, 0.1) is 0 Å². The second-order valence-electron chi connectivity index (χ2n) is 3.76. The first-order valence-corrected chi connectivity index (χ1v) is 5.35. The SMILES string of the molecule is C=CCCC(C)Nc1ccccc1C(=O)O. The Morgan fingerprint density at radius 1 is 1.56 bits per heavy atom. The van der Waals surface area contributed by atoms with E-state index in [-0.39, 0.29) is 6.04 Å². The molecule has 0 radical (unpaired) electrons. The van der Waals surface area contributed by atoms with Gasteiger partial charge < -0.3 is 10.4 Å². The summed E-state index contributed by atoms with van der Waals surface area (Å²) in [7, 11) is 0. The minimum atomic E-state index is -0.904. The zero-order chi connectivity index (χ0) is 12.0. The molecule has 0 amide bonds. The molecule has 1 aromatic rings. The summed E-state index contributed by atoms with van der Waals surface area (Å²) in [5.41, 5.74) is 0.986. The van der Waals surface area contributed by atoms with Crippen LogP contribution in [-0.4, -0.2) is 17.1 Å². The number of carboxylic acids is 1. The molecule has 0 aliphatic heterocycles. The smallest absolute Gasteiger partial charge is 0.337 e. The first-order valence-electron chi connectivity index (χ1n) is 5.35. The minimum Gasteiger partial charge on any atom is -0.478 e. The summed E-state index contributed by atoms with van der Waals surface area (Å²) >= 11 is 0. The van der Waals surface area contributed by atoms with Crippen molar-refractivity contribution in [2.75, 3.05) is 5.32 Å². The molecule has 0 spiro atoms. The molecule has 0 fully saturated rings. The average molecular weight is 219 g/mol. The molecular weight excluding hydrogens is 202 g/mol. The van der Waals surface area contributed by atoms with Gasteiger partial charge in [-0.2, -0.15) is 0 Å². The number of carboxylic acid groups (broad SMARTS) is 1. The second-order valence-corrected chi connectivity index (χ2v) is 3.76. The third-order valence-electron chi connectivity index (χ3n) is 2.36. The molecule has 0 bridgehead atoms. The van der Waals surface area contributed by atoms with E-state index in [0.29, 0.717) is 11.3 Å². The summed E-state index contributed by atoms with van der Waals surface area (Å²) in [6.07, 6.45) is 3.72. The van der Waals surface area contributed by atoms with Gasteiger partial charge in [0.2, 0.25) is 0 Å². The Balaban J connectivity index is 2.72. The van der Waals surface area contributed by atoms with Crippen molar-refractivity contribution in [3.8, 4) is 0 Å². The van der Waals surface area contributed by atoms with Gasteiger partial charge in [0.05, 0.1) is 5.56 Å². The fraction of sp³-hybridized carbons (Fsp3) is 0.308. The van der Waals surface area contributed by atoms with Crippen molar-refractivity contribution in [2.24, 2.45) is 0 Å². The maximum absolute atomic E-state index is 11.0. The van der Waals surface area contributed by atoms with E-state index >= 15 is 0 Å². The van der Waals surface area contributed by atoms with Gasteiger partial charge in [-0.25, -0.2) is 4.79 Å². The lowest BCUT2D eigenvalue weighted by Crippen LogP contribution is -2.16. The molecular formula is C13H17NO2. The van der Waals surface area contributed by atoms with Crippen molar-refractivity contribution >= 4 is 11.7 Å². The quantitative estimate of drug-likeness (QED) is 0.722. The summed E-state index contributed by atoms with van der Waals surface area (Å²) in [5, 5.41) is 12.2. The Hall–Kier alpha value is -1.77. The Labute approximate surface area is 95.8 Å². The highest BCUT2D eigenvalue weighted by molar-refractivity contribution is 5.94. The van der Waals surface area contributed by atoms with Crippen molar-refractivity contribution in [2.45, 2.75) is 25.8 Å². The number of nitrogens with one attached hydrogen (secondary N) is 1. The number of rotatable bonds is 6. The molecule has 2 N–H and O–H groups in total. The van der Waals surface area contributed by atoms with E-state index in [1.54, 1.807) is 18.2 Å². The molecule has 86 valence electrons. The predicted molar refractivity (Wildman–Crippen MR) is 65.9 cm³/mol. The Morgan fingerprint density at radius 2 is 2.25 bits per heavy atom. The van der Waals surface area contributed by atoms with Gasteiger partial charge >= 0.3 is 5.97 Å². The highest BCUT2D eigenvalue weighted by Crippen LogP contribution is 2.17. The topological polar surface area (TPSA) is 49.3 Å². The van der Waals surface area contributed by atoms with Gasteiger partial charge in [0, 0.05) is 11.7 Å². The average Bonchev–Trinajstić information content (AvgIpc) is 2.27. The maximum Gasteiger partial charge on any atom is 0.337 e. The molecule has 0 aliphatic carbocycles. The molecule has 1 aromatic carbocycles. The fourth-order valence-corrected chi connectivity index (χ4v) is 1.50. The van der Waals surface area contributed by atoms with Crippen LogP contribution >= 0.6 is 0 Å². The summed E-state index contributed by atoms with van der Waals surface area (Å²) in [6.45, 7) is 5.69. The van der Waals surface area contributed by atoms with Crippen LogP contribution in [0.1, 0.15) is 30.1 Å². The van der Waals surface area contributed by atoms with Gasteiger partial charge in [-0.1, -0.05) is 18.2 Å². The van der Waals surface area contributed by atoms with Gasteiger partial charge in [-0.15, -0.1) is 6.58 Å². The maximum atomic E-state index is 11.0. The summed E-state index contributed by atoms with van der Waals surface area (Å²) in [5.74, 6) is -0.904. The predicted octanol–water partition coefficient (Wildman–Crippen LogP) is 3.15. The summed E-state index contributed by atoms with van der Waals surface area (Å²) < 4.78 is 0. The van der Waals surface area contributed by atoms with E-state index in [1.165, 1.54) is 0 Å². The Bertz CT molecular complexity index is 374. The number of para-hydroxylation sites is 1. The van der Waals surface area contributed by atoms with Crippen LogP contribution in [0.15, 0.2) is 36.9 Å². The molecule has 16 heavy (non-hydrogen) atoms. The molecule has 1 atom stereocenters. The Morgan fingerprint density at radius 3 is 2.88 bits per heavy atom. The number of anilines is 1. The fourth-order valence-electron chi connectivity index (χ4n) is 1.50. The van der Waals surface area contributed by atoms with E-state index < -0.39 is 5.97 Å². The largest absolute Gasteiger partial charge is 0.478 e. The minimum absolute atomic E-state index is 0.235. The Kier molecular flexibility index (Phi) is 4.58. The number of hydrogen-bond donors (Lipinski definition) is 2. The molecule has 1 unspecified atom stereocenters. The zero-order valence-electron chi connectivity index (χ0n) is 9.44. The second kappa shape index (κ2) is 5.95. The molecule has 3 heteroatoms. The van der Waals surface area contributed by atoms with Crippen molar-refractivity contribution in [1.29, 1.82) is 0 Å². The van der Waals surface area contributed by atoms with Gasteiger partial charge in [0.25, 0.3) is 0 Å². The van der Waals surface area contributed by atoms with Gasteiger partial charge in [0.15, 0.2) is 0 Å². The summed E-state index contributed by atoms with van der Waals surface area (Å²) in [4.78, 5) is 11.0. The van der Waals surface area contributed by atoms with Crippen LogP contribution in [-0.2, 0) is 0 Å². The van der Waals surface area contributed by atoms with E-state index in [1.807, 2.05) is 19.1 Å². The highest BCUT2D eigenvalue weighted by Gasteiger charge is 2.10. The molecule has 3 nitrogen and oxygen atoms in total. The van der Waals surface area contributed by atoms with E-state index in [2.05, 4.69) is 11.9 Å². The molecule has 0 saturated carbocycles. The zero-order valence-corrected chi connectivity index (χ0v) is 9.44. The van der Waals surface area contributed by atoms with Gasteiger partial charge in [-0.05, 0) is 31.9 Å². The van der Waals surface area contributed by atoms with Crippen molar-refractivity contribution in [1.82, 2.24) is 0 Å². The third-order valence-corrected chi connectivity index (χ3v) is 2.36. The highest BCUT2D eigenvalue weighted by atomic mass is 16.4. The van der Waals surface area contributed by atoms with Crippen molar-refractivity contribution < 1.29 is 9.90 Å². The van der Waals surface area contributed by atoms with Gasteiger partial charge in [0.1, 0.15) is 0 Å². The van der Waals surface area contributed by atoms with Crippen LogP contribution in [0.2, 0.25) is 0 Å². The van der Waals surface area contributed by atoms with Gasteiger partial charge in [-0.3, -0.25) is 0 Å². The standard InChI is InChI=1S/C13H17NO2/c1-3-4-7-10(2)14-12-9-6-5-8-11(12)13(15)16/h3,5-6,8-10,14H,1,4,7H2,2H3,(H,15,16). The molecule has 0 saturated heterocycles. The van der Waals surface area contributed by atoms with Crippen LogP contribution in [0.3, 0.4) is 0 Å². The van der Waals surface area contributed by atoms with Crippen molar-refractivity contribution in [3.05, 3.63) is 42.5 Å². The van der Waals surface area contributed by atoms with Crippen LogP contribution < -0.4 is 5.32 Å². The number of hydrogen-bond acceptors (Lipinski definition) is 2. The third kappa shape index (κ3) is 3.42. The number of allylic oxidation sites excluding steroid dienone is 1. The van der Waals surface area contributed by atoms with Crippen LogP contribution in [0.25, 0.3) is 0 Å². The molecule has 1 rings (SSSR count). The van der Waals surface area contributed by atoms with E-state index in [4.69, 9.17) is 5.11 Å². The number of carbonyl (C=O) groups is 1. The number of aromatic carboxylic acids is 1. The monoisotopic (exact) mass is 219 g/mol. The lowest BCUT2D eigenvalue weighted by molar-refractivity contribution is 0.0698. The van der Waals surface area contributed by atoms with Crippen LogP contribution in [0.4, 0.5) is 5.69 Å².